The first-order chi connectivity index (χ1) is 5.85. The summed E-state index contributed by atoms with van der Waals surface area (Å²) in [5.74, 6) is 0. The van der Waals surface area contributed by atoms with Crippen molar-refractivity contribution in [1.82, 2.24) is 15.8 Å². The standard InChI is InChI=1S/C8H19N3O/c1-4-11(5-2)10-8-9-6-7-12-3/h4,9-10H,1,5-8H2,2-3H3. The van der Waals surface area contributed by atoms with Crippen molar-refractivity contribution in [2.24, 2.45) is 0 Å². The number of hydrogen-bond acceptors (Lipinski definition) is 4. The van der Waals surface area contributed by atoms with Gasteiger partial charge in [0.05, 0.1) is 13.3 Å². The molecule has 0 fully saturated rings. The lowest BCUT2D eigenvalue weighted by atomic mass is 10.7. The number of nitrogens with zero attached hydrogens (tertiary/aromatic N) is 1. The van der Waals surface area contributed by atoms with Crippen LogP contribution >= 0.6 is 0 Å². The quantitative estimate of drug-likeness (QED) is 0.311. The van der Waals surface area contributed by atoms with Crippen LogP contribution in [0, 0.1) is 0 Å². The summed E-state index contributed by atoms with van der Waals surface area (Å²) in [7, 11) is 1.69. The molecule has 0 saturated heterocycles. The lowest BCUT2D eigenvalue weighted by Crippen LogP contribution is -2.40. The maximum absolute atomic E-state index is 4.88. The van der Waals surface area contributed by atoms with E-state index in [9.17, 15) is 0 Å². The Morgan fingerprint density at radius 1 is 1.58 bits per heavy atom. The highest BCUT2D eigenvalue weighted by molar-refractivity contribution is 4.64. The van der Waals surface area contributed by atoms with Gasteiger partial charge in [0.15, 0.2) is 0 Å². The lowest BCUT2D eigenvalue weighted by Gasteiger charge is -2.18. The Hall–Kier alpha value is -0.580. The molecule has 0 radical (unpaired) electrons. The summed E-state index contributed by atoms with van der Waals surface area (Å²) in [6, 6.07) is 0. The van der Waals surface area contributed by atoms with Gasteiger partial charge in [-0.25, -0.2) is 5.43 Å². The van der Waals surface area contributed by atoms with E-state index in [1.54, 1.807) is 13.3 Å². The highest BCUT2D eigenvalue weighted by Gasteiger charge is 1.90. The third kappa shape index (κ3) is 6.15. The van der Waals surface area contributed by atoms with E-state index < -0.39 is 0 Å². The van der Waals surface area contributed by atoms with Crippen LogP contribution in [0.1, 0.15) is 6.92 Å². The van der Waals surface area contributed by atoms with Crippen LogP contribution in [0.25, 0.3) is 0 Å². The molecule has 0 atom stereocenters. The zero-order chi connectivity index (χ0) is 9.23. The Balaban J connectivity index is 3.12. The van der Waals surface area contributed by atoms with E-state index in [1.807, 2.05) is 5.01 Å². The monoisotopic (exact) mass is 173 g/mol. The van der Waals surface area contributed by atoms with Gasteiger partial charge in [-0.1, -0.05) is 6.58 Å². The van der Waals surface area contributed by atoms with Gasteiger partial charge in [0.25, 0.3) is 0 Å². The summed E-state index contributed by atoms with van der Waals surface area (Å²) >= 11 is 0. The van der Waals surface area contributed by atoms with Gasteiger partial charge >= 0.3 is 0 Å². The summed E-state index contributed by atoms with van der Waals surface area (Å²) in [5.41, 5.74) is 3.13. The minimum absolute atomic E-state index is 0.738. The van der Waals surface area contributed by atoms with E-state index in [-0.39, 0.29) is 0 Å². The number of nitrogens with one attached hydrogen (secondary N) is 2. The molecule has 12 heavy (non-hydrogen) atoms. The van der Waals surface area contributed by atoms with E-state index in [0.29, 0.717) is 0 Å². The molecule has 0 heterocycles. The number of rotatable bonds is 8. The number of methoxy groups -OCH3 is 1. The van der Waals surface area contributed by atoms with Gasteiger partial charge in [-0.2, -0.15) is 0 Å². The smallest absolute Gasteiger partial charge is 0.0641 e. The molecule has 4 nitrogen and oxygen atoms in total. The van der Waals surface area contributed by atoms with E-state index >= 15 is 0 Å². The van der Waals surface area contributed by atoms with Crippen LogP contribution in [0.2, 0.25) is 0 Å². The Morgan fingerprint density at radius 3 is 2.83 bits per heavy atom. The first kappa shape index (κ1) is 11.4. The van der Waals surface area contributed by atoms with Gasteiger partial charge < -0.3 is 15.1 Å². The summed E-state index contributed by atoms with van der Waals surface area (Å²) in [6.07, 6.45) is 1.76. The van der Waals surface area contributed by atoms with Crippen molar-refractivity contribution in [2.75, 3.05) is 33.5 Å². The molecule has 0 bridgehead atoms. The molecule has 0 aromatic heterocycles. The zero-order valence-corrected chi connectivity index (χ0v) is 7.97. The molecule has 0 aliphatic rings. The summed E-state index contributed by atoms with van der Waals surface area (Å²) in [6.45, 7) is 8.97. The third-order valence-electron chi connectivity index (χ3n) is 1.45. The number of hydrogen-bond donors (Lipinski definition) is 2. The third-order valence-corrected chi connectivity index (χ3v) is 1.45. The minimum atomic E-state index is 0.738. The summed E-state index contributed by atoms with van der Waals surface area (Å²) < 4.78 is 4.88. The fourth-order valence-corrected chi connectivity index (χ4v) is 0.726. The molecule has 0 rings (SSSR count). The van der Waals surface area contributed by atoms with Crippen molar-refractivity contribution in [3.63, 3.8) is 0 Å². The Kier molecular flexibility index (Phi) is 8.10. The van der Waals surface area contributed by atoms with Crippen molar-refractivity contribution >= 4 is 0 Å². The van der Waals surface area contributed by atoms with Crippen molar-refractivity contribution in [2.45, 2.75) is 6.92 Å². The second-order valence-electron chi connectivity index (χ2n) is 2.30. The highest BCUT2D eigenvalue weighted by atomic mass is 16.5. The molecule has 4 heteroatoms. The van der Waals surface area contributed by atoms with Crippen LogP contribution in [-0.4, -0.2) is 38.5 Å². The van der Waals surface area contributed by atoms with E-state index in [2.05, 4.69) is 24.2 Å². The predicted octanol–water partition coefficient (Wildman–Crippen LogP) is 0.150. The largest absolute Gasteiger partial charge is 0.383 e. The fraction of sp³-hybridized carbons (Fsp3) is 0.750. The summed E-state index contributed by atoms with van der Waals surface area (Å²) in [4.78, 5) is 0. The number of hydrazine groups is 1. The molecule has 0 spiro atoms. The molecule has 0 saturated carbocycles. The van der Waals surface area contributed by atoms with Gasteiger partial charge in [0.2, 0.25) is 0 Å². The van der Waals surface area contributed by atoms with Crippen LogP contribution in [0.5, 0.6) is 0 Å². The van der Waals surface area contributed by atoms with Gasteiger partial charge in [0, 0.05) is 26.4 Å². The van der Waals surface area contributed by atoms with E-state index in [1.165, 1.54) is 0 Å². The SMILES string of the molecule is C=CN(CC)NCNCCOC. The van der Waals surface area contributed by atoms with Crippen LogP contribution in [0.4, 0.5) is 0 Å². The maximum atomic E-state index is 4.88. The highest BCUT2D eigenvalue weighted by Crippen LogP contribution is 1.77. The van der Waals surface area contributed by atoms with Gasteiger partial charge in [-0.05, 0) is 6.92 Å². The van der Waals surface area contributed by atoms with Crippen LogP contribution in [-0.2, 0) is 4.74 Å². The predicted molar refractivity (Wildman–Crippen MR) is 50.5 cm³/mol. The van der Waals surface area contributed by atoms with Crippen molar-refractivity contribution in [1.29, 1.82) is 0 Å². The molecule has 0 unspecified atom stereocenters. The fourth-order valence-electron chi connectivity index (χ4n) is 0.726. The lowest BCUT2D eigenvalue weighted by molar-refractivity contribution is 0.193. The molecular formula is C8H19N3O. The molecule has 2 N–H and O–H groups in total. The zero-order valence-electron chi connectivity index (χ0n) is 7.97. The maximum Gasteiger partial charge on any atom is 0.0641 e. The minimum Gasteiger partial charge on any atom is -0.383 e. The van der Waals surface area contributed by atoms with E-state index in [0.717, 1.165) is 26.4 Å². The molecule has 0 amide bonds. The van der Waals surface area contributed by atoms with Crippen LogP contribution in [0.3, 0.4) is 0 Å². The van der Waals surface area contributed by atoms with Crippen LogP contribution in [0.15, 0.2) is 12.8 Å². The molecule has 0 aliphatic carbocycles. The van der Waals surface area contributed by atoms with Crippen molar-refractivity contribution in [3.05, 3.63) is 12.8 Å². The van der Waals surface area contributed by atoms with Gasteiger partial charge in [-0.15, -0.1) is 0 Å². The van der Waals surface area contributed by atoms with Gasteiger partial charge in [-0.3, -0.25) is 0 Å². The Morgan fingerprint density at radius 2 is 2.33 bits per heavy atom. The first-order valence-electron chi connectivity index (χ1n) is 4.17. The Bertz CT molecular complexity index is 108. The average Bonchev–Trinajstić information content (AvgIpc) is 2.11. The molecule has 0 aromatic rings. The average molecular weight is 173 g/mol. The topological polar surface area (TPSA) is 36.5 Å². The molecule has 0 aliphatic heterocycles. The normalized spacial score (nSPS) is 9.83. The van der Waals surface area contributed by atoms with Crippen molar-refractivity contribution < 1.29 is 4.74 Å². The Labute approximate surface area is 74.5 Å². The first-order valence-corrected chi connectivity index (χ1v) is 4.17. The summed E-state index contributed by atoms with van der Waals surface area (Å²) in [5, 5.41) is 5.08. The van der Waals surface area contributed by atoms with E-state index in [4.69, 9.17) is 4.74 Å². The van der Waals surface area contributed by atoms with Crippen molar-refractivity contribution in [3.8, 4) is 0 Å². The second kappa shape index (κ2) is 8.52. The second-order valence-corrected chi connectivity index (χ2v) is 2.30. The molecule has 72 valence electrons. The van der Waals surface area contributed by atoms with Crippen LogP contribution < -0.4 is 10.7 Å². The molecule has 0 aromatic carbocycles. The molecular weight excluding hydrogens is 154 g/mol. The number of ether oxygens (including phenoxy) is 1. The van der Waals surface area contributed by atoms with Gasteiger partial charge in [0.1, 0.15) is 0 Å².